The summed E-state index contributed by atoms with van der Waals surface area (Å²) >= 11 is 2.35. The third-order valence-corrected chi connectivity index (χ3v) is 4.64. The van der Waals surface area contributed by atoms with E-state index in [-0.39, 0.29) is 18.1 Å². The van der Waals surface area contributed by atoms with Gasteiger partial charge >= 0.3 is 0 Å². The van der Waals surface area contributed by atoms with Gasteiger partial charge in [-0.15, -0.1) is 0 Å². The minimum absolute atomic E-state index is 0.00166. The van der Waals surface area contributed by atoms with Crippen LogP contribution in [0.25, 0.3) is 0 Å². The first-order chi connectivity index (χ1) is 9.34. The van der Waals surface area contributed by atoms with Crippen LogP contribution in [0.1, 0.15) is 40.5 Å². The highest BCUT2D eigenvalue weighted by atomic mass is 127. The molecule has 1 rings (SSSR count). The third kappa shape index (κ3) is 4.53. The molecule has 1 aliphatic rings. The summed E-state index contributed by atoms with van der Waals surface area (Å²) in [6, 6.07) is 0. The fraction of sp³-hybridized carbons (Fsp3) is 0.812. The van der Waals surface area contributed by atoms with Crippen LogP contribution in [-0.2, 0) is 14.3 Å². The minimum Gasteiger partial charge on any atom is -0.359 e. The Labute approximate surface area is 136 Å². The predicted molar refractivity (Wildman–Crippen MR) is 89.7 cm³/mol. The standard InChI is InChI=1S/C16H27IO3/c1-11-6-12(2)15(14(9-18)20-10-19-5)16(4,7-11)8-13(3)17/h8-9,11-12,14-15H,6-7,10H2,1-5H3/b13-8+/t11-,12+,14-,15+,16+/m1/s1. The first-order valence-corrected chi connectivity index (χ1v) is 8.32. The Kier molecular flexibility index (Phi) is 7.15. The molecule has 0 heterocycles. The molecule has 0 bridgehead atoms. The van der Waals surface area contributed by atoms with Gasteiger partial charge in [0, 0.05) is 13.0 Å². The van der Waals surface area contributed by atoms with Gasteiger partial charge in [0.25, 0.3) is 0 Å². The molecule has 1 aliphatic carbocycles. The van der Waals surface area contributed by atoms with Crippen LogP contribution in [0.15, 0.2) is 9.66 Å². The van der Waals surface area contributed by atoms with E-state index in [1.54, 1.807) is 7.11 Å². The van der Waals surface area contributed by atoms with Crippen LogP contribution in [0.2, 0.25) is 0 Å². The molecular formula is C16H27IO3. The van der Waals surface area contributed by atoms with Crippen LogP contribution in [0.3, 0.4) is 0 Å². The molecule has 4 heteroatoms. The Morgan fingerprint density at radius 3 is 2.65 bits per heavy atom. The summed E-state index contributed by atoms with van der Waals surface area (Å²) in [5.41, 5.74) is 0.00166. The van der Waals surface area contributed by atoms with E-state index in [0.717, 1.165) is 19.1 Å². The molecule has 0 amide bonds. The summed E-state index contributed by atoms with van der Waals surface area (Å²) < 4.78 is 11.9. The van der Waals surface area contributed by atoms with Gasteiger partial charge in [-0.2, -0.15) is 0 Å². The maximum atomic E-state index is 11.5. The van der Waals surface area contributed by atoms with Crippen LogP contribution in [-0.4, -0.2) is 26.3 Å². The summed E-state index contributed by atoms with van der Waals surface area (Å²) in [5, 5.41) is 0. The van der Waals surface area contributed by atoms with Gasteiger partial charge in [0.2, 0.25) is 0 Å². The molecule has 116 valence electrons. The van der Waals surface area contributed by atoms with E-state index in [1.807, 2.05) is 0 Å². The number of methoxy groups -OCH3 is 1. The Morgan fingerprint density at radius 2 is 2.15 bits per heavy atom. The summed E-state index contributed by atoms with van der Waals surface area (Å²) in [6.45, 7) is 9.08. The van der Waals surface area contributed by atoms with Crippen molar-refractivity contribution in [1.29, 1.82) is 0 Å². The molecule has 3 nitrogen and oxygen atoms in total. The highest BCUT2D eigenvalue weighted by Crippen LogP contribution is 2.50. The second-order valence-corrected chi connectivity index (χ2v) is 8.16. The molecule has 0 N–H and O–H groups in total. The first kappa shape index (κ1) is 18.1. The van der Waals surface area contributed by atoms with Crippen molar-refractivity contribution >= 4 is 28.9 Å². The van der Waals surface area contributed by atoms with Crippen molar-refractivity contribution in [2.45, 2.75) is 46.6 Å². The van der Waals surface area contributed by atoms with Crippen molar-refractivity contribution in [1.82, 2.24) is 0 Å². The van der Waals surface area contributed by atoms with Crippen molar-refractivity contribution in [3.8, 4) is 0 Å². The molecule has 0 aromatic heterocycles. The fourth-order valence-electron chi connectivity index (χ4n) is 4.08. The Bertz CT molecular complexity index is 352. The van der Waals surface area contributed by atoms with Gasteiger partial charge in [0.1, 0.15) is 19.2 Å². The van der Waals surface area contributed by atoms with Crippen LogP contribution >= 0.6 is 22.6 Å². The average Bonchev–Trinajstić information content (AvgIpc) is 2.30. The van der Waals surface area contributed by atoms with Gasteiger partial charge in [0.05, 0.1) is 0 Å². The molecule has 5 atom stereocenters. The van der Waals surface area contributed by atoms with Crippen molar-refractivity contribution in [3.05, 3.63) is 9.66 Å². The van der Waals surface area contributed by atoms with Gasteiger partial charge < -0.3 is 14.3 Å². The van der Waals surface area contributed by atoms with Crippen molar-refractivity contribution in [2.24, 2.45) is 23.2 Å². The molecule has 0 unspecified atom stereocenters. The first-order valence-electron chi connectivity index (χ1n) is 7.25. The molecule has 0 saturated heterocycles. The van der Waals surface area contributed by atoms with E-state index in [1.165, 1.54) is 3.58 Å². The normalized spacial score (nSPS) is 36.7. The maximum absolute atomic E-state index is 11.5. The number of hydrogen-bond donors (Lipinski definition) is 0. The summed E-state index contributed by atoms with van der Waals surface area (Å²) in [7, 11) is 1.59. The zero-order chi connectivity index (χ0) is 15.3. The topological polar surface area (TPSA) is 35.5 Å². The largest absolute Gasteiger partial charge is 0.359 e. The van der Waals surface area contributed by atoms with Crippen molar-refractivity contribution in [2.75, 3.05) is 13.9 Å². The number of carbonyl (C=O) groups is 1. The lowest BCUT2D eigenvalue weighted by atomic mass is 9.58. The molecule has 1 saturated carbocycles. The number of allylic oxidation sites excluding steroid dienone is 2. The lowest BCUT2D eigenvalue weighted by Gasteiger charge is -2.48. The molecule has 0 radical (unpaired) electrons. The third-order valence-electron chi connectivity index (χ3n) is 4.33. The number of halogens is 1. The predicted octanol–water partition coefficient (Wildman–Crippen LogP) is 4.20. The zero-order valence-electron chi connectivity index (χ0n) is 13.2. The smallest absolute Gasteiger partial charge is 0.149 e. The van der Waals surface area contributed by atoms with E-state index in [9.17, 15) is 4.79 Å². The average molecular weight is 394 g/mol. The van der Waals surface area contributed by atoms with Crippen LogP contribution in [0.4, 0.5) is 0 Å². The molecule has 0 aliphatic heterocycles. The van der Waals surface area contributed by atoms with E-state index in [4.69, 9.17) is 9.47 Å². The fourth-order valence-corrected chi connectivity index (χ4v) is 4.80. The molecule has 20 heavy (non-hydrogen) atoms. The maximum Gasteiger partial charge on any atom is 0.149 e. The molecular weight excluding hydrogens is 367 g/mol. The number of rotatable bonds is 6. The minimum atomic E-state index is -0.394. The second kappa shape index (κ2) is 7.90. The highest BCUT2D eigenvalue weighted by Gasteiger charge is 2.46. The Balaban J connectivity index is 3.07. The lowest BCUT2D eigenvalue weighted by Crippen LogP contribution is -2.46. The van der Waals surface area contributed by atoms with Gasteiger partial charge in [-0.05, 0) is 63.2 Å². The van der Waals surface area contributed by atoms with Gasteiger partial charge in [-0.3, -0.25) is 0 Å². The number of ether oxygens (including phenoxy) is 2. The quantitative estimate of drug-likeness (QED) is 0.385. The number of hydrogen-bond acceptors (Lipinski definition) is 3. The summed E-state index contributed by atoms with van der Waals surface area (Å²) in [5.74, 6) is 1.34. The van der Waals surface area contributed by atoms with Crippen LogP contribution in [0, 0.1) is 23.2 Å². The summed E-state index contributed by atoms with van der Waals surface area (Å²) in [4.78, 5) is 11.5. The zero-order valence-corrected chi connectivity index (χ0v) is 15.3. The number of aldehydes is 1. The molecule has 0 aromatic carbocycles. The highest BCUT2D eigenvalue weighted by molar-refractivity contribution is 14.1. The monoisotopic (exact) mass is 394 g/mol. The van der Waals surface area contributed by atoms with Crippen molar-refractivity contribution in [3.63, 3.8) is 0 Å². The Hall–Kier alpha value is 0.0600. The number of carbonyl (C=O) groups excluding carboxylic acids is 1. The van der Waals surface area contributed by atoms with E-state index < -0.39 is 6.10 Å². The second-order valence-electron chi connectivity index (χ2n) is 6.46. The Morgan fingerprint density at radius 1 is 1.50 bits per heavy atom. The van der Waals surface area contributed by atoms with Crippen molar-refractivity contribution < 1.29 is 14.3 Å². The van der Waals surface area contributed by atoms with E-state index in [2.05, 4.69) is 56.4 Å². The van der Waals surface area contributed by atoms with Gasteiger partial charge in [0.15, 0.2) is 0 Å². The lowest BCUT2D eigenvalue weighted by molar-refractivity contribution is -0.147. The van der Waals surface area contributed by atoms with Gasteiger partial charge in [-0.1, -0.05) is 26.8 Å². The summed E-state index contributed by atoms with van der Waals surface area (Å²) in [6.07, 6.45) is 5.12. The SMILES string of the molecule is COCO[C@H](C=O)[C@@H]1[C@@H](C)C[C@@H](C)C[C@@]1(C)/C=C(\C)I. The molecule has 0 spiro atoms. The molecule has 0 aromatic rings. The molecule has 1 fully saturated rings. The van der Waals surface area contributed by atoms with Crippen LogP contribution < -0.4 is 0 Å². The van der Waals surface area contributed by atoms with Gasteiger partial charge in [-0.25, -0.2) is 0 Å². The van der Waals surface area contributed by atoms with E-state index in [0.29, 0.717) is 11.8 Å². The van der Waals surface area contributed by atoms with Crippen LogP contribution in [0.5, 0.6) is 0 Å². The van der Waals surface area contributed by atoms with E-state index >= 15 is 0 Å².